The van der Waals surface area contributed by atoms with E-state index in [4.69, 9.17) is 0 Å². The highest BCUT2D eigenvalue weighted by Gasteiger charge is 2.16. The average molecular weight is 243 g/mol. The zero-order valence-electron chi connectivity index (χ0n) is 11.7. The van der Waals surface area contributed by atoms with Gasteiger partial charge in [-0.25, -0.2) is 0 Å². The summed E-state index contributed by atoms with van der Waals surface area (Å²) in [6, 6.07) is 9.30. The van der Waals surface area contributed by atoms with E-state index in [1.165, 1.54) is 36.8 Å². The summed E-state index contributed by atoms with van der Waals surface area (Å²) >= 11 is 0. The first-order chi connectivity index (χ1) is 8.81. The quantitative estimate of drug-likeness (QED) is 0.770. The van der Waals surface area contributed by atoms with Gasteiger partial charge in [0.2, 0.25) is 0 Å². The maximum absolute atomic E-state index is 3.66. The molecule has 0 aliphatic heterocycles. The molecule has 0 bridgehead atoms. The van der Waals surface area contributed by atoms with Crippen LogP contribution in [0.2, 0.25) is 0 Å². The standard InChI is InChI=1S/C17H25N/c1-3-18-17(15-10-5-4-6-11-15)13-16-12-8-7-9-14(16)2/h7-10,12,17-18H,3-6,11,13H2,1-2H3. The van der Waals surface area contributed by atoms with E-state index in [-0.39, 0.29) is 0 Å². The van der Waals surface area contributed by atoms with Crippen LogP contribution in [0.3, 0.4) is 0 Å². The Balaban J connectivity index is 2.11. The van der Waals surface area contributed by atoms with Gasteiger partial charge in [-0.05, 0) is 56.7 Å². The van der Waals surface area contributed by atoms with Gasteiger partial charge >= 0.3 is 0 Å². The molecule has 0 saturated heterocycles. The van der Waals surface area contributed by atoms with Gasteiger partial charge in [-0.1, -0.05) is 42.8 Å². The summed E-state index contributed by atoms with van der Waals surface area (Å²) in [4.78, 5) is 0. The van der Waals surface area contributed by atoms with Crippen molar-refractivity contribution in [1.29, 1.82) is 0 Å². The van der Waals surface area contributed by atoms with Crippen LogP contribution in [0.15, 0.2) is 35.9 Å². The Labute approximate surface area is 111 Å². The van der Waals surface area contributed by atoms with Crippen molar-refractivity contribution >= 4 is 0 Å². The number of hydrogen-bond acceptors (Lipinski definition) is 1. The van der Waals surface area contributed by atoms with Crippen molar-refractivity contribution in [3.05, 3.63) is 47.0 Å². The summed E-state index contributed by atoms with van der Waals surface area (Å²) in [6.07, 6.45) is 8.88. The minimum Gasteiger partial charge on any atom is -0.310 e. The molecule has 1 unspecified atom stereocenters. The molecule has 1 aliphatic rings. The van der Waals surface area contributed by atoms with E-state index >= 15 is 0 Å². The van der Waals surface area contributed by atoms with Gasteiger partial charge in [0.25, 0.3) is 0 Å². The van der Waals surface area contributed by atoms with Crippen molar-refractivity contribution in [1.82, 2.24) is 5.32 Å². The molecule has 0 aromatic heterocycles. The van der Waals surface area contributed by atoms with Crippen LogP contribution in [0.5, 0.6) is 0 Å². The van der Waals surface area contributed by atoms with Crippen molar-refractivity contribution in [2.75, 3.05) is 6.54 Å². The number of hydrogen-bond donors (Lipinski definition) is 1. The number of aryl methyl sites for hydroxylation is 1. The molecule has 1 aromatic carbocycles. The van der Waals surface area contributed by atoms with E-state index in [2.05, 4.69) is 49.5 Å². The topological polar surface area (TPSA) is 12.0 Å². The molecule has 0 radical (unpaired) electrons. The molecule has 1 aliphatic carbocycles. The molecular formula is C17H25N. The molecule has 1 heteroatoms. The lowest BCUT2D eigenvalue weighted by Gasteiger charge is -2.25. The second kappa shape index (κ2) is 6.75. The van der Waals surface area contributed by atoms with Gasteiger partial charge in [0.05, 0.1) is 0 Å². The average Bonchev–Trinajstić information content (AvgIpc) is 2.42. The molecule has 18 heavy (non-hydrogen) atoms. The number of nitrogens with one attached hydrogen (secondary N) is 1. The Morgan fingerprint density at radius 1 is 1.22 bits per heavy atom. The highest BCUT2D eigenvalue weighted by atomic mass is 14.9. The number of likely N-dealkylation sites (N-methyl/N-ethyl adjacent to an activating group) is 1. The van der Waals surface area contributed by atoms with Crippen molar-refractivity contribution in [3.63, 3.8) is 0 Å². The third kappa shape index (κ3) is 3.46. The summed E-state index contributed by atoms with van der Waals surface area (Å²) < 4.78 is 0. The highest BCUT2D eigenvalue weighted by molar-refractivity contribution is 5.29. The largest absolute Gasteiger partial charge is 0.310 e. The predicted octanol–water partition coefficient (Wildman–Crippen LogP) is 4.02. The summed E-state index contributed by atoms with van der Waals surface area (Å²) in [6.45, 7) is 5.47. The van der Waals surface area contributed by atoms with Crippen LogP contribution in [-0.4, -0.2) is 12.6 Å². The Morgan fingerprint density at radius 3 is 2.72 bits per heavy atom. The Kier molecular flexibility index (Phi) is 5.00. The smallest absolute Gasteiger partial charge is 0.0320 e. The van der Waals surface area contributed by atoms with Gasteiger partial charge in [-0.2, -0.15) is 0 Å². The van der Waals surface area contributed by atoms with Gasteiger partial charge in [0.15, 0.2) is 0 Å². The normalized spacial score (nSPS) is 17.3. The molecular weight excluding hydrogens is 218 g/mol. The van der Waals surface area contributed by atoms with Crippen molar-refractivity contribution in [2.45, 2.75) is 52.0 Å². The summed E-state index contributed by atoms with van der Waals surface area (Å²) in [5.41, 5.74) is 4.53. The molecule has 0 heterocycles. The monoisotopic (exact) mass is 243 g/mol. The van der Waals surface area contributed by atoms with Crippen LogP contribution < -0.4 is 5.32 Å². The van der Waals surface area contributed by atoms with E-state index in [0.29, 0.717) is 6.04 Å². The van der Waals surface area contributed by atoms with E-state index in [1.54, 1.807) is 5.57 Å². The molecule has 1 nitrogen and oxygen atoms in total. The number of allylic oxidation sites excluding steroid dienone is 1. The van der Waals surface area contributed by atoms with Crippen LogP contribution in [-0.2, 0) is 6.42 Å². The second-order valence-corrected chi connectivity index (χ2v) is 5.27. The summed E-state index contributed by atoms with van der Waals surface area (Å²) in [5.74, 6) is 0. The Morgan fingerprint density at radius 2 is 2.06 bits per heavy atom. The number of benzene rings is 1. The molecule has 0 saturated carbocycles. The second-order valence-electron chi connectivity index (χ2n) is 5.27. The highest BCUT2D eigenvalue weighted by Crippen LogP contribution is 2.23. The van der Waals surface area contributed by atoms with Crippen LogP contribution in [0.1, 0.15) is 43.7 Å². The fourth-order valence-corrected chi connectivity index (χ4v) is 2.82. The van der Waals surface area contributed by atoms with Crippen LogP contribution in [0, 0.1) is 6.92 Å². The van der Waals surface area contributed by atoms with Crippen molar-refractivity contribution < 1.29 is 0 Å². The van der Waals surface area contributed by atoms with Crippen LogP contribution >= 0.6 is 0 Å². The fraction of sp³-hybridized carbons (Fsp3) is 0.529. The van der Waals surface area contributed by atoms with E-state index in [9.17, 15) is 0 Å². The lowest BCUT2D eigenvalue weighted by Crippen LogP contribution is -2.33. The minimum absolute atomic E-state index is 0.538. The first kappa shape index (κ1) is 13.4. The van der Waals surface area contributed by atoms with Crippen LogP contribution in [0.4, 0.5) is 0 Å². The lowest BCUT2D eigenvalue weighted by atomic mass is 9.89. The first-order valence-electron chi connectivity index (χ1n) is 7.28. The third-order valence-corrected chi connectivity index (χ3v) is 3.91. The maximum Gasteiger partial charge on any atom is 0.0320 e. The maximum atomic E-state index is 3.66. The Hall–Kier alpha value is -1.08. The van der Waals surface area contributed by atoms with Crippen molar-refractivity contribution in [2.24, 2.45) is 0 Å². The zero-order valence-corrected chi connectivity index (χ0v) is 11.7. The van der Waals surface area contributed by atoms with Gasteiger partial charge < -0.3 is 5.32 Å². The van der Waals surface area contributed by atoms with Gasteiger partial charge in [0.1, 0.15) is 0 Å². The van der Waals surface area contributed by atoms with E-state index in [1.807, 2.05) is 0 Å². The molecule has 0 spiro atoms. The first-order valence-corrected chi connectivity index (χ1v) is 7.28. The molecule has 1 N–H and O–H groups in total. The number of rotatable bonds is 5. The van der Waals surface area contributed by atoms with E-state index < -0.39 is 0 Å². The molecule has 0 amide bonds. The Bertz CT molecular complexity index is 406. The summed E-state index contributed by atoms with van der Waals surface area (Å²) in [7, 11) is 0. The zero-order chi connectivity index (χ0) is 12.8. The lowest BCUT2D eigenvalue weighted by molar-refractivity contribution is 0.540. The molecule has 2 rings (SSSR count). The third-order valence-electron chi connectivity index (χ3n) is 3.91. The SMILES string of the molecule is CCNC(Cc1ccccc1C)C1=CCCCC1. The molecule has 1 aromatic rings. The fourth-order valence-electron chi connectivity index (χ4n) is 2.82. The minimum atomic E-state index is 0.538. The van der Waals surface area contributed by atoms with Crippen LogP contribution in [0.25, 0.3) is 0 Å². The van der Waals surface area contributed by atoms with Crippen molar-refractivity contribution in [3.8, 4) is 0 Å². The predicted molar refractivity (Wildman–Crippen MR) is 78.9 cm³/mol. The van der Waals surface area contributed by atoms with E-state index in [0.717, 1.165) is 13.0 Å². The van der Waals surface area contributed by atoms with Gasteiger partial charge in [-0.3, -0.25) is 0 Å². The van der Waals surface area contributed by atoms with Gasteiger partial charge in [-0.15, -0.1) is 0 Å². The van der Waals surface area contributed by atoms with Gasteiger partial charge in [0, 0.05) is 6.04 Å². The molecule has 1 atom stereocenters. The molecule has 98 valence electrons. The molecule has 0 fully saturated rings. The summed E-state index contributed by atoms with van der Waals surface area (Å²) in [5, 5.41) is 3.66.